The summed E-state index contributed by atoms with van der Waals surface area (Å²) in [6.07, 6.45) is 1.46. The first-order chi connectivity index (χ1) is 13.8. The number of carbonyl (C=O) groups is 1. The number of fused-ring (bicyclic) bond motifs is 1. The van der Waals surface area contributed by atoms with Crippen LogP contribution in [0.5, 0.6) is 0 Å². The maximum Gasteiger partial charge on any atom is 0.238 e. The molecule has 0 saturated carbocycles. The summed E-state index contributed by atoms with van der Waals surface area (Å²) in [5.41, 5.74) is 2.37. The molecule has 150 valence electrons. The van der Waals surface area contributed by atoms with Crippen LogP contribution in [0, 0.1) is 11.3 Å². The molecule has 0 saturated heterocycles. The van der Waals surface area contributed by atoms with Crippen LogP contribution >= 0.6 is 0 Å². The Morgan fingerprint density at radius 3 is 2.76 bits per heavy atom. The van der Waals surface area contributed by atoms with Gasteiger partial charge in [-0.25, -0.2) is 18.5 Å². The van der Waals surface area contributed by atoms with Gasteiger partial charge in [-0.1, -0.05) is 13.0 Å². The molecule has 0 fully saturated rings. The zero-order valence-electron chi connectivity index (χ0n) is 15.9. The van der Waals surface area contributed by atoms with Crippen LogP contribution in [-0.4, -0.2) is 23.9 Å². The lowest BCUT2D eigenvalue weighted by Crippen LogP contribution is -2.14. The van der Waals surface area contributed by atoms with Crippen molar-refractivity contribution < 1.29 is 13.2 Å². The summed E-state index contributed by atoms with van der Waals surface area (Å²) in [4.78, 5) is 16.9. The Labute approximate surface area is 169 Å². The number of hydrogen-bond acceptors (Lipinski definition) is 5. The van der Waals surface area contributed by atoms with E-state index in [1.807, 2.05) is 17.6 Å². The second-order valence-electron chi connectivity index (χ2n) is 6.62. The van der Waals surface area contributed by atoms with Crippen LogP contribution in [0.25, 0.3) is 11.0 Å². The topological polar surface area (TPSA) is 131 Å². The van der Waals surface area contributed by atoms with Gasteiger partial charge in [-0.15, -0.1) is 0 Å². The number of sulfonamides is 1. The van der Waals surface area contributed by atoms with Crippen LogP contribution in [0.4, 0.5) is 5.69 Å². The number of anilines is 1. The number of aromatic nitrogens is 2. The Bertz CT molecular complexity index is 1210. The molecule has 2 aromatic carbocycles. The number of primary sulfonamides is 1. The Morgan fingerprint density at radius 2 is 2.07 bits per heavy atom. The number of nitrogens with zero attached hydrogens (tertiary/aromatic N) is 3. The molecule has 0 aliphatic carbocycles. The van der Waals surface area contributed by atoms with Crippen molar-refractivity contribution in [1.29, 1.82) is 5.26 Å². The Kier molecular flexibility index (Phi) is 5.96. The van der Waals surface area contributed by atoms with Gasteiger partial charge in [-0.05, 0) is 42.8 Å². The fraction of sp³-hybridized carbons (Fsp3) is 0.250. The lowest BCUT2D eigenvalue weighted by Gasteiger charge is -2.08. The van der Waals surface area contributed by atoms with Crippen molar-refractivity contribution in [3.05, 3.63) is 53.9 Å². The van der Waals surface area contributed by atoms with Crippen LogP contribution < -0.4 is 10.5 Å². The van der Waals surface area contributed by atoms with E-state index >= 15 is 0 Å². The van der Waals surface area contributed by atoms with Gasteiger partial charge in [0.2, 0.25) is 15.9 Å². The first-order valence-electron chi connectivity index (χ1n) is 9.14. The fourth-order valence-corrected chi connectivity index (χ4v) is 3.65. The number of imidazole rings is 1. The molecule has 1 aromatic heterocycles. The van der Waals surface area contributed by atoms with E-state index < -0.39 is 10.0 Å². The number of nitrogens with two attached hydrogens (primary N) is 1. The zero-order chi connectivity index (χ0) is 21.0. The lowest BCUT2D eigenvalue weighted by atomic mass is 10.2. The van der Waals surface area contributed by atoms with Gasteiger partial charge >= 0.3 is 0 Å². The summed E-state index contributed by atoms with van der Waals surface area (Å²) in [7, 11) is -3.81. The van der Waals surface area contributed by atoms with E-state index in [4.69, 9.17) is 10.4 Å². The third kappa shape index (κ3) is 4.80. The minimum atomic E-state index is -3.81. The van der Waals surface area contributed by atoms with E-state index in [1.165, 1.54) is 12.1 Å². The molecule has 3 rings (SSSR count). The van der Waals surface area contributed by atoms with Crippen LogP contribution in [-0.2, 0) is 27.8 Å². The highest BCUT2D eigenvalue weighted by Gasteiger charge is 2.15. The van der Waals surface area contributed by atoms with E-state index in [2.05, 4.69) is 10.3 Å². The number of amides is 1. The van der Waals surface area contributed by atoms with Crippen molar-refractivity contribution in [1.82, 2.24) is 9.55 Å². The minimum absolute atomic E-state index is 0.00724. The summed E-state index contributed by atoms with van der Waals surface area (Å²) in [6.45, 7) is 2.73. The number of nitriles is 1. The summed E-state index contributed by atoms with van der Waals surface area (Å²) >= 11 is 0. The van der Waals surface area contributed by atoms with E-state index in [9.17, 15) is 13.2 Å². The number of rotatable bonds is 7. The van der Waals surface area contributed by atoms with Crippen molar-refractivity contribution >= 4 is 32.7 Å². The Morgan fingerprint density at radius 1 is 1.28 bits per heavy atom. The monoisotopic (exact) mass is 411 g/mol. The van der Waals surface area contributed by atoms with Gasteiger partial charge in [0.15, 0.2) is 0 Å². The van der Waals surface area contributed by atoms with E-state index in [-0.39, 0.29) is 17.2 Å². The first-order valence-corrected chi connectivity index (χ1v) is 10.7. The minimum Gasteiger partial charge on any atom is -0.328 e. The molecule has 0 aliphatic rings. The molecule has 0 spiro atoms. The Balaban J connectivity index is 1.80. The largest absolute Gasteiger partial charge is 0.328 e. The smallest absolute Gasteiger partial charge is 0.238 e. The van der Waals surface area contributed by atoms with E-state index in [0.717, 1.165) is 11.9 Å². The number of benzene rings is 2. The van der Waals surface area contributed by atoms with Crippen molar-refractivity contribution in [2.75, 3.05) is 5.32 Å². The molecule has 3 N–H and O–H groups in total. The number of nitrogens with one attached hydrogen (secondary N) is 1. The maximum absolute atomic E-state index is 12.3. The Hall–Kier alpha value is -3.22. The zero-order valence-corrected chi connectivity index (χ0v) is 16.7. The number of aryl methyl sites for hydroxylation is 2. The average Bonchev–Trinajstić information content (AvgIpc) is 3.03. The van der Waals surface area contributed by atoms with Crippen molar-refractivity contribution in [3.63, 3.8) is 0 Å². The average molecular weight is 411 g/mol. The normalized spacial score (nSPS) is 11.3. The lowest BCUT2D eigenvalue weighted by molar-refractivity contribution is -0.116. The van der Waals surface area contributed by atoms with Gasteiger partial charge < -0.3 is 9.88 Å². The van der Waals surface area contributed by atoms with Gasteiger partial charge in [0, 0.05) is 25.1 Å². The van der Waals surface area contributed by atoms with Crippen molar-refractivity contribution in [2.24, 2.45) is 5.14 Å². The molecule has 1 heterocycles. The highest BCUT2D eigenvalue weighted by molar-refractivity contribution is 7.89. The molecule has 0 atom stereocenters. The highest BCUT2D eigenvalue weighted by Crippen LogP contribution is 2.21. The van der Waals surface area contributed by atoms with Gasteiger partial charge in [0.05, 0.1) is 27.6 Å². The van der Waals surface area contributed by atoms with Gasteiger partial charge in [0.1, 0.15) is 5.82 Å². The van der Waals surface area contributed by atoms with Gasteiger partial charge in [0.25, 0.3) is 0 Å². The van der Waals surface area contributed by atoms with Crippen molar-refractivity contribution in [2.45, 2.75) is 37.6 Å². The van der Waals surface area contributed by atoms with E-state index in [0.29, 0.717) is 35.6 Å². The molecular weight excluding hydrogens is 390 g/mol. The number of hydrogen-bond donors (Lipinski definition) is 2. The van der Waals surface area contributed by atoms with Crippen LogP contribution in [0.15, 0.2) is 47.4 Å². The third-order valence-electron chi connectivity index (χ3n) is 4.43. The maximum atomic E-state index is 12.3. The highest BCUT2D eigenvalue weighted by atomic mass is 32.2. The quantitative estimate of drug-likeness (QED) is 0.617. The summed E-state index contributed by atoms with van der Waals surface area (Å²) in [5.74, 6) is 0.509. The molecule has 0 bridgehead atoms. The molecule has 1 amide bonds. The molecule has 3 aromatic rings. The van der Waals surface area contributed by atoms with Crippen LogP contribution in [0.1, 0.15) is 31.2 Å². The van der Waals surface area contributed by atoms with E-state index in [1.54, 1.807) is 30.3 Å². The fourth-order valence-electron chi connectivity index (χ4n) is 3.12. The molecule has 0 aliphatic heterocycles. The molecule has 0 radical (unpaired) electrons. The van der Waals surface area contributed by atoms with Crippen molar-refractivity contribution in [3.8, 4) is 6.07 Å². The molecule has 0 unspecified atom stereocenters. The number of carbonyl (C=O) groups excluding carboxylic acids is 1. The second kappa shape index (κ2) is 8.43. The first kappa shape index (κ1) is 20.5. The molecule has 8 nitrogen and oxygen atoms in total. The SMILES string of the molecule is CCCn1c(CCC(=O)Nc2cccc(C#N)c2)nc2cc(S(N)(=O)=O)ccc21. The predicted molar refractivity (Wildman–Crippen MR) is 110 cm³/mol. The summed E-state index contributed by atoms with van der Waals surface area (Å²) < 4.78 is 25.2. The van der Waals surface area contributed by atoms with Crippen LogP contribution in [0.3, 0.4) is 0 Å². The molecule has 9 heteroatoms. The molecular formula is C20H21N5O3S. The van der Waals surface area contributed by atoms with Crippen LogP contribution in [0.2, 0.25) is 0 Å². The predicted octanol–water partition coefficient (Wildman–Crippen LogP) is 2.54. The van der Waals surface area contributed by atoms with Gasteiger partial charge in [-0.2, -0.15) is 5.26 Å². The molecule has 29 heavy (non-hydrogen) atoms. The standard InChI is InChI=1S/C20H21N5O3S/c1-2-10-25-18-7-6-16(29(22,27)28)12-17(18)24-19(25)8-9-20(26)23-15-5-3-4-14(11-15)13-21/h3-7,11-12H,2,8-10H2,1H3,(H,23,26)(H2,22,27,28). The van der Waals surface area contributed by atoms with Gasteiger partial charge in [-0.3, -0.25) is 4.79 Å². The second-order valence-corrected chi connectivity index (χ2v) is 8.18. The summed E-state index contributed by atoms with van der Waals surface area (Å²) in [5, 5.41) is 16.9. The third-order valence-corrected chi connectivity index (χ3v) is 5.34. The summed E-state index contributed by atoms with van der Waals surface area (Å²) in [6, 6.07) is 13.3.